The van der Waals surface area contributed by atoms with Gasteiger partial charge in [0.1, 0.15) is 18.1 Å². The Labute approximate surface area is 129 Å². The van der Waals surface area contributed by atoms with Crippen LogP contribution in [0.1, 0.15) is 17.2 Å². The molecule has 1 heterocycles. The number of hydrogen-bond acceptors (Lipinski definition) is 3. The molecule has 0 bridgehead atoms. The summed E-state index contributed by atoms with van der Waals surface area (Å²) in [6, 6.07) is 13.9. The first kappa shape index (κ1) is 14.2. The van der Waals surface area contributed by atoms with E-state index in [0.29, 0.717) is 11.6 Å². The molecule has 3 rings (SSSR count). The van der Waals surface area contributed by atoms with Crippen molar-refractivity contribution in [1.29, 1.82) is 0 Å². The molecule has 2 aromatic rings. The van der Waals surface area contributed by atoms with Crippen LogP contribution in [0.3, 0.4) is 0 Å². The Morgan fingerprint density at radius 2 is 2.05 bits per heavy atom. The van der Waals surface area contributed by atoms with Crippen molar-refractivity contribution < 1.29 is 9.47 Å². The van der Waals surface area contributed by atoms with Crippen molar-refractivity contribution in [3.63, 3.8) is 0 Å². The van der Waals surface area contributed by atoms with Gasteiger partial charge in [0.15, 0.2) is 0 Å². The minimum Gasteiger partial charge on any atom is -0.493 e. The summed E-state index contributed by atoms with van der Waals surface area (Å²) in [7, 11) is 1.94. The lowest BCUT2D eigenvalue weighted by atomic mass is 10.0. The summed E-state index contributed by atoms with van der Waals surface area (Å²) in [4.78, 5) is 0. The number of rotatable bonds is 5. The first-order valence-electron chi connectivity index (χ1n) is 7.07. The zero-order valence-corrected chi connectivity index (χ0v) is 12.7. The quantitative estimate of drug-likeness (QED) is 0.915. The van der Waals surface area contributed by atoms with E-state index in [-0.39, 0.29) is 6.04 Å². The Morgan fingerprint density at radius 1 is 1.24 bits per heavy atom. The SMILES string of the molecule is CNC(COc1ccc(Cl)cc1)c1ccc2c(c1)CCO2. The van der Waals surface area contributed by atoms with E-state index in [9.17, 15) is 0 Å². The minimum atomic E-state index is 0.145. The summed E-state index contributed by atoms with van der Waals surface area (Å²) in [6.07, 6.45) is 0.984. The Kier molecular flexibility index (Phi) is 4.32. The molecule has 21 heavy (non-hydrogen) atoms. The van der Waals surface area contributed by atoms with Crippen molar-refractivity contribution in [2.45, 2.75) is 12.5 Å². The highest BCUT2D eigenvalue weighted by Gasteiger charge is 2.16. The summed E-state index contributed by atoms with van der Waals surface area (Å²) in [6.45, 7) is 1.35. The van der Waals surface area contributed by atoms with Gasteiger partial charge in [-0.3, -0.25) is 0 Å². The van der Waals surface area contributed by atoms with Gasteiger partial charge in [-0.15, -0.1) is 0 Å². The standard InChI is InChI=1S/C17H18ClNO2/c1-19-16(11-21-15-5-3-14(18)4-6-15)12-2-7-17-13(10-12)8-9-20-17/h2-7,10,16,19H,8-9,11H2,1H3. The van der Waals surface area contributed by atoms with Crippen LogP contribution in [-0.2, 0) is 6.42 Å². The molecule has 0 spiro atoms. The molecule has 3 nitrogen and oxygen atoms in total. The lowest BCUT2D eigenvalue weighted by Crippen LogP contribution is -2.23. The highest BCUT2D eigenvalue weighted by Crippen LogP contribution is 2.28. The van der Waals surface area contributed by atoms with E-state index in [2.05, 4.69) is 17.4 Å². The first-order valence-corrected chi connectivity index (χ1v) is 7.45. The molecule has 1 atom stereocenters. The van der Waals surface area contributed by atoms with Crippen LogP contribution in [0.4, 0.5) is 0 Å². The van der Waals surface area contributed by atoms with Crippen molar-refractivity contribution in [3.05, 3.63) is 58.6 Å². The fraction of sp³-hybridized carbons (Fsp3) is 0.294. The van der Waals surface area contributed by atoms with Crippen LogP contribution in [0, 0.1) is 0 Å². The molecular weight excluding hydrogens is 286 g/mol. The van der Waals surface area contributed by atoms with E-state index in [0.717, 1.165) is 24.5 Å². The monoisotopic (exact) mass is 303 g/mol. The highest BCUT2D eigenvalue weighted by atomic mass is 35.5. The summed E-state index contributed by atoms with van der Waals surface area (Å²) < 4.78 is 11.4. The maximum absolute atomic E-state index is 5.87. The van der Waals surface area contributed by atoms with Gasteiger partial charge in [0, 0.05) is 11.4 Å². The van der Waals surface area contributed by atoms with Gasteiger partial charge >= 0.3 is 0 Å². The molecule has 0 aromatic heterocycles. The van der Waals surface area contributed by atoms with Gasteiger partial charge < -0.3 is 14.8 Å². The molecule has 0 amide bonds. The molecule has 0 aliphatic carbocycles. The number of ether oxygens (including phenoxy) is 2. The van der Waals surface area contributed by atoms with Crippen LogP contribution in [0.5, 0.6) is 11.5 Å². The van der Waals surface area contributed by atoms with Crippen molar-refractivity contribution >= 4 is 11.6 Å². The average Bonchev–Trinajstić information content (AvgIpc) is 2.97. The number of likely N-dealkylation sites (N-methyl/N-ethyl adjacent to an activating group) is 1. The maximum atomic E-state index is 5.87. The molecule has 0 saturated carbocycles. The zero-order chi connectivity index (χ0) is 14.7. The Morgan fingerprint density at radius 3 is 2.81 bits per heavy atom. The van der Waals surface area contributed by atoms with Crippen molar-refractivity contribution in [1.82, 2.24) is 5.32 Å². The largest absolute Gasteiger partial charge is 0.493 e. The van der Waals surface area contributed by atoms with Crippen molar-refractivity contribution in [3.8, 4) is 11.5 Å². The van der Waals surface area contributed by atoms with Gasteiger partial charge in [0.25, 0.3) is 0 Å². The van der Waals surface area contributed by atoms with Gasteiger partial charge in [-0.05, 0) is 48.5 Å². The predicted octanol–water partition coefficient (Wildman–Crippen LogP) is 3.61. The molecule has 0 saturated heterocycles. The molecule has 4 heteroatoms. The van der Waals surface area contributed by atoms with Crippen LogP contribution < -0.4 is 14.8 Å². The van der Waals surface area contributed by atoms with E-state index < -0.39 is 0 Å². The summed E-state index contributed by atoms with van der Waals surface area (Å²) in [5.74, 6) is 1.83. The Bertz CT molecular complexity index is 613. The highest BCUT2D eigenvalue weighted by molar-refractivity contribution is 6.30. The van der Waals surface area contributed by atoms with Crippen LogP contribution in [0.2, 0.25) is 5.02 Å². The molecule has 1 unspecified atom stereocenters. The zero-order valence-electron chi connectivity index (χ0n) is 11.9. The van der Waals surface area contributed by atoms with Gasteiger partial charge in [-0.25, -0.2) is 0 Å². The molecule has 2 aromatic carbocycles. The van der Waals surface area contributed by atoms with Gasteiger partial charge in [0.2, 0.25) is 0 Å². The molecule has 110 valence electrons. The lowest BCUT2D eigenvalue weighted by Gasteiger charge is -2.18. The van der Waals surface area contributed by atoms with E-state index >= 15 is 0 Å². The maximum Gasteiger partial charge on any atom is 0.122 e. The fourth-order valence-corrected chi connectivity index (χ4v) is 2.61. The predicted molar refractivity (Wildman–Crippen MR) is 84.4 cm³/mol. The third-order valence-corrected chi connectivity index (χ3v) is 3.95. The van der Waals surface area contributed by atoms with Crippen LogP contribution in [0.15, 0.2) is 42.5 Å². The number of benzene rings is 2. The summed E-state index contributed by atoms with van der Waals surface area (Å²) in [5, 5.41) is 4.01. The van der Waals surface area contributed by atoms with E-state index in [1.54, 1.807) is 0 Å². The van der Waals surface area contributed by atoms with E-state index in [1.165, 1.54) is 11.1 Å². The van der Waals surface area contributed by atoms with E-state index in [1.807, 2.05) is 37.4 Å². The second-order valence-electron chi connectivity index (χ2n) is 5.07. The molecule has 1 aliphatic rings. The molecule has 0 radical (unpaired) electrons. The fourth-order valence-electron chi connectivity index (χ4n) is 2.48. The van der Waals surface area contributed by atoms with E-state index in [4.69, 9.17) is 21.1 Å². The minimum absolute atomic E-state index is 0.145. The lowest BCUT2D eigenvalue weighted by molar-refractivity contribution is 0.273. The summed E-state index contributed by atoms with van der Waals surface area (Å²) in [5.41, 5.74) is 2.50. The third-order valence-electron chi connectivity index (χ3n) is 3.69. The third kappa shape index (κ3) is 3.31. The average molecular weight is 304 g/mol. The second kappa shape index (κ2) is 6.37. The number of hydrogen-bond donors (Lipinski definition) is 1. The van der Waals surface area contributed by atoms with Crippen molar-refractivity contribution in [2.75, 3.05) is 20.3 Å². The Balaban J connectivity index is 1.68. The number of nitrogens with one attached hydrogen (secondary N) is 1. The van der Waals surface area contributed by atoms with Gasteiger partial charge in [0.05, 0.1) is 12.6 Å². The van der Waals surface area contributed by atoms with Crippen LogP contribution in [-0.4, -0.2) is 20.3 Å². The first-order chi connectivity index (χ1) is 10.3. The van der Waals surface area contributed by atoms with Crippen LogP contribution in [0.25, 0.3) is 0 Å². The van der Waals surface area contributed by atoms with Gasteiger partial charge in [-0.2, -0.15) is 0 Å². The van der Waals surface area contributed by atoms with Crippen LogP contribution >= 0.6 is 11.6 Å². The van der Waals surface area contributed by atoms with Gasteiger partial charge in [-0.1, -0.05) is 23.7 Å². The molecule has 1 N–H and O–H groups in total. The topological polar surface area (TPSA) is 30.5 Å². The number of fused-ring (bicyclic) bond motifs is 1. The Hall–Kier alpha value is -1.71. The molecular formula is C17H18ClNO2. The molecule has 0 fully saturated rings. The normalized spacial score (nSPS) is 14.4. The smallest absolute Gasteiger partial charge is 0.122 e. The molecule has 1 aliphatic heterocycles. The second-order valence-corrected chi connectivity index (χ2v) is 5.51. The number of halogens is 1. The van der Waals surface area contributed by atoms with Crippen molar-refractivity contribution in [2.24, 2.45) is 0 Å². The summed E-state index contributed by atoms with van der Waals surface area (Å²) >= 11 is 5.87.